The molecule has 32 heavy (non-hydrogen) atoms. The Hall–Kier alpha value is -1.90. The van der Waals surface area contributed by atoms with Gasteiger partial charge in [0.05, 0.1) is 10.5 Å². The van der Waals surface area contributed by atoms with Gasteiger partial charge in [-0.05, 0) is 73.4 Å². The van der Waals surface area contributed by atoms with Crippen LogP contribution in [0.1, 0.15) is 32.1 Å². The van der Waals surface area contributed by atoms with Crippen molar-refractivity contribution in [2.24, 2.45) is 11.8 Å². The highest BCUT2D eigenvalue weighted by atomic mass is 32.2. The minimum absolute atomic E-state index is 0.285. The monoisotopic (exact) mass is 472 g/mol. The number of anilines is 1. The van der Waals surface area contributed by atoms with Crippen molar-refractivity contribution in [3.8, 4) is 0 Å². The zero-order chi connectivity index (χ0) is 22.0. The van der Waals surface area contributed by atoms with Crippen LogP contribution in [-0.4, -0.2) is 61.2 Å². The minimum Gasteiger partial charge on any atom is -0.353 e. The average Bonchev–Trinajstić information content (AvgIpc) is 3.50. The zero-order valence-electron chi connectivity index (χ0n) is 18.4. The number of hydrogen-bond acceptors (Lipinski definition) is 6. The molecule has 0 radical (unpaired) electrons. The maximum absolute atomic E-state index is 12.5. The molecule has 2 fully saturated rings. The number of benzene rings is 1. The molecule has 0 amide bonds. The van der Waals surface area contributed by atoms with E-state index in [0.717, 1.165) is 70.1 Å². The maximum Gasteiger partial charge on any atom is 0.193 e. The lowest BCUT2D eigenvalue weighted by Crippen LogP contribution is -2.47. The van der Waals surface area contributed by atoms with Crippen molar-refractivity contribution in [3.05, 3.63) is 42.6 Å². The molecule has 1 aliphatic heterocycles. The Morgan fingerprint density at radius 1 is 0.969 bits per heavy atom. The number of nitrogens with one attached hydrogen (secondary N) is 1. The van der Waals surface area contributed by atoms with Gasteiger partial charge >= 0.3 is 0 Å². The third kappa shape index (κ3) is 4.87. The average molecular weight is 473 g/mol. The van der Waals surface area contributed by atoms with Gasteiger partial charge in [0.15, 0.2) is 9.84 Å². The topological polar surface area (TPSA) is 69.3 Å². The predicted molar refractivity (Wildman–Crippen MR) is 131 cm³/mol. The Kier molecular flexibility index (Phi) is 6.53. The van der Waals surface area contributed by atoms with Crippen molar-refractivity contribution in [2.75, 3.05) is 43.4 Å². The molecule has 1 saturated heterocycles. The molecular weight excluding hydrogens is 440 g/mol. The molecule has 1 N–H and O–H groups in total. The van der Waals surface area contributed by atoms with Gasteiger partial charge in [0, 0.05) is 37.8 Å². The molecule has 0 atom stereocenters. The van der Waals surface area contributed by atoms with Crippen LogP contribution in [0.15, 0.2) is 47.6 Å². The van der Waals surface area contributed by atoms with Gasteiger partial charge in [-0.3, -0.25) is 4.90 Å². The lowest BCUT2D eigenvalue weighted by molar-refractivity contribution is 0.208. The molecule has 0 spiro atoms. The maximum atomic E-state index is 12.5. The molecule has 8 heteroatoms. The third-order valence-corrected chi connectivity index (χ3v) is 9.86. The predicted octanol–water partition coefficient (Wildman–Crippen LogP) is 4.42. The summed E-state index contributed by atoms with van der Waals surface area (Å²) in [5, 5.41) is 1.64. The molecule has 3 aromatic rings. The Balaban J connectivity index is 1.04. The minimum atomic E-state index is -3.17. The highest BCUT2D eigenvalue weighted by Gasteiger charge is 2.28. The highest BCUT2D eigenvalue weighted by molar-refractivity contribution is 7.91. The van der Waals surface area contributed by atoms with Crippen LogP contribution >= 0.6 is 11.5 Å². The van der Waals surface area contributed by atoms with Gasteiger partial charge in [-0.25, -0.2) is 8.42 Å². The summed E-state index contributed by atoms with van der Waals surface area (Å²) in [6, 6.07) is 11.9. The van der Waals surface area contributed by atoms with Crippen molar-refractivity contribution in [1.82, 2.24) is 14.3 Å². The van der Waals surface area contributed by atoms with Gasteiger partial charge < -0.3 is 9.88 Å². The summed E-state index contributed by atoms with van der Waals surface area (Å²) in [5.41, 5.74) is 0. The largest absolute Gasteiger partial charge is 0.353 e. The smallest absolute Gasteiger partial charge is 0.193 e. The van der Waals surface area contributed by atoms with E-state index in [1.807, 2.05) is 0 Å². The van der Waals surface area contributed by atoms with E-state index in [2.05, 4.69) is 39.0 Å². The van der Waals surface area contributed by atoms with E-state index in [1.54, 1.807) is 29.9 Å². The van der Waals surface area contributed by atoms with Crippen LogP contribution in [-0.2, 0) is 9.84 Å². The van der Waals surface area contributed by atoms with Crippen LogP contribution < -0.4 is 4.90 Å². The number of rotatable bonds is 7. The second-order valence-corrected chi connectivity index (χ2v) is 12.1. The molecule has 2 aromatic heterocycles. The van der Waals surface area contributed by atoms with E-state index >= 15 is 0 Å². The summed E-state index contributed by atoms with van der Waals surface area (Å²) in [4.78, 5) is 7.88. The Morgan fingerprint density at radius 3 is 2.47 bits per heavy atom. The van der Waals surface area contributed by atoms with Crippen molar-refractivity contribution in [1.29, 1.82) is 0 Å². The fraction of sp³-hybridized carbons (Fsp3) is 0.542. The lowest BCUT2D eigenvalue weighted by Gasteiger charge is -2.36. The first-order valence-electron chi connectivity index (χ1n) is 11.8. The molecule has 3 heterocycles. The van der Waals surface area contributed by atoms with Crippen LogP contribution in [0.25, 0.3) is 10.1 Å². The number of H-pyrrole nitrogens is 1. The van der Waals surface area contributed by atoms with Crippen molar-refractivity contribution in [3.63, 3.8) is 0 Å². The standard InChI is InChI=1S/C24H32N4O2S2/c29-32(30,23-6-3-12-25-23)18-20-9-7-19(8-10-20)11-13-27-14-16-28(17-15-27)24-21-4-1-2-5-22(21)31-26-24/h1-6,12,19-20,25H,7-11,13-18H2. The summed E-state index contributed by atoms with van der Waals surface area (Å²) in [7, 11) is -3.17. The lowest BCUT2D eigenvalue weighted by atomic mass is 9.81. The van der Waals surface area contributed by atoms with Gasteiger partial charge in [0.1, 0.15) is 10.8 Å². The number of sulfone groups is 1. The Bertz CT molecular complexity index is 1110. The number of aromatic amines is 1. The molecule has 1 aliphatic carbocycles. The molecule has 6 nitrogen and oxygen atoms in total. The Morgan fingerprint density at radius 2 is 1.72 bits per heavy atom. The summed E-state index contributed by atoms with van der Waals surface area (Å²) in [5.74, 6) is 2.47. The molecule has 2 aliphatic rings. The van der Waals surface area contributed by atoms with Crippen LogP contribution in [0, 0.1) is 11.8 Å². The van der Waals surface area contributed by atoms with Crippen molar-refractivity contribution in [2.45, 2.75) is 37.1 Å². The first-order chi connectivity index (χ1) is 15.6. The van der Waals surface area contributed by atoms with Crippen molar-refractivity contribution < 1.29 is 8.42 Å². The van der Waals surface area contributed by atoms with Gasteiger partial charge in [-0.15, -0.1) is 0 Å². The normalized spacial score (nSPS) is 23.1. The van der Waals surface area contributed by atoms with E-state index in [1.165, 1.54) is 16.5 Å². The molecule has 5 rings (SSSR count). The van der Waals surface area contributed by atoms with E-state index in [9.17, 15) is 8.42 Å². The first-order valence-corrected chi connectivity index (χ1v) is 14.2. The summed E-state index contributed by atoms with van der Waals surface area (Å²) < 4.78 is 31.0. The number of aromatic nitrogens is 2. The van der Waals surface area contributed by atoms with Gasteiger partial charge in [0.2, 0.25) is 0 Å². The Labute approximate surface area is 194 Å². The van der Waals surface area contributed by atoms with Crippen LogP contribution in [0.2, 0.25) is 0 Å². The van der Waals surface area contributed by atoms with Gasteiger partial charge in [-0.2, -0.15) is 4.37 Å². The second-order valence-electron chi connectivity index (χ2n) is 9.32. The summed E-state index contributed by atoms with van der Waals surface area (Å²) in [6.07, 6.45) is 7.31. The van der Waals surface area contributed by atoms with E-state index in [4.69, 9.17) is 4.37 Å². The number of hydrogen-bond donors (Lipinski definition) is 1. The van der Waals surface area contributed by atoms with E-state index in [0.29, 0.717) is 10.9 Å². The van der Waals surface area contributed by atoms with Gasteiger partial charge in [0.25, 0.3) is 0 Å². The molecule has 1 aromatic carbocycles. The number of nitrogens with zero attached hydrogens (tertiary/aromatic N) is 3. The third-order valence-electron chi connectivity index (χ3n) is 7.21. The number of piperazine rings is 1. The highest BCUT2D eigenvalue weighted by Crippen LogP contribution is 2.33. The molecule has 172 valence electrons. The quantitative estimate of drug-likeness (QED) is 0.551. The van der Waals surface area contributed by atoms with Crippen LogP contribution in [0.4, 0.5) is 5.82 Å². The van der Waals surface area contributed by atoms with Crippen molar-refractivity contribution >= 4 is 37.3 Å². The van der Waals surface area contributed by atoms with Crippen LogP contribution in [0.5, 0.6) is 0 Å². The van der Waals surface area contributed by atoms with Crippen LogP contribution in [0.3, 0.4) is 0 Å². The molecule has 1 saturated carbocycles. The number of fused-ring (bicyclic) bond motifs is 1. The zero-order valence-corrected chi connectivity index (χ0v) is 20.1. The molecular formula is C24H32N4O2S2. The fourth-order valence-corrected chi connectivity index (χ4v) is 7.71. The molecule has 0 bridgehead atoms. The van der Waals surface area contributed by atoms with E-state index in [-0.39, 0.29) is 5.75 Å². The second kappa shape index (κ2) is 9.53. The fourth-order valence-electron chi connectivity index (χ4n) is 5.24. The van der Waals surface area contributed by atoms with E-state index < -0.39 is 9.84 Å². The summed E-state index contributed by atoms with van der Waals surface area (Å²) >= 11 is 1.60. The van der Waals surface area contributed by atoms with Gasteiger partial charge in [-0.1, -0.05) is 25.0 Å². The molecule has 0 unspecified atom stereocenters. The first kappa shape index (κ1) is 21.9. The summed E-state index contributed by atoms with van der Waals surface area (Å²) in [6.45, 7) is 5.42. The SMILES string of the molecule is O=S(=O)(CC1CCC(CCN2CCN(c3nsc4ccccc34)CC2)CC1)c1ccc[nH]1.